The predicted octanol–water partition coefficient (Wildman–Crippen LogP) is 3.45. The second-order valence-electron chi connectivity index (χ2n) is 2.76. The first-order valence-corrected chi connectivity index (χ1v) is 6.89. The third-order valence-corrected chi connectivity index (χ3v) is 4.72. The van der Waals surface area contributed by atoms with Crippen molar-refractivity contribution in [1.29, 1.82) is 0 Å². The van der Waals surface area contributed by atoms with Crippen molar-refractivity contribution < 1.29 is 0 Å². The molecule has 0 N–H and O–H groups in total. The zero-order chi connectivity index (χ0) is 9.80. The first-order chi connectivity index (χ1) is 6.88. The van der Waals surface area contributed by atoms with Gasteiger partial charge in [-0.15, -0.1) is 11.3 Å². The third kappa shape index (κ3) is 2.56. The number of aromatic nitrogens is 2. The topological polar surface area (TPSA) is 25.8 Å². The van der Waals surface area contributed by atoms with Gasteiger partial charge >= 0.3 is 0 Å². The molecule has 0 spiro atoms. The molecular weight excluding hydrogens is 232 g/mol. The monoisotopic (exact) mass is 242 g/mol. The zero-order valence-corrected chi connectivity index (χ0v) is 10.2. The van der Waals surface area contributed by atoms with E-state index in [1.807, 2.05) is 17.5 Å². The van der Waals surface area contributed by atoms with Crippen molar-refractivity contribution in [1.82, 2.24) is 8.75 Å². The molecule has 0 atom stereocenters. The van der Waals surface area contributed by atoms with Crippen molar-refractivity contribution in [3.63, 3.8) is 0 Å². The summed E-state index contributed by atoms with van der Waals surface area (Å²) in [6.45, 7) is 2.19. The van der Waals surface area contributed by atoms with Crippen LogP contribution in [0, 0.1) is 0 Å². The standard InChI is InChI=1S/C9H10N2S3/c1-2-7-3-4-8(13-7)6-12-9-5-10-14-11-9/h3-5H,2,6H2,1H3. The van der Waals surface area contributed by atoms with Crippen LogP contribution >= 0.6 is 34.8 Å². The van der Waals surface area contributed by atoms with Gasteiger partial charge in [0.1, 0.15) is 5.03 Å². The van der Waals surface area contributed by atoms with Gasteiger partial charge in [0.25, 0.3) is 0 Å². The highest BCUT2D eigenvalue weighted by Crippen LogP contribution is 2.25. The van der Waals surface area contributed by atoms with E-state index in [9.17, 15) is 0 Å². The van der Waals surface area contributed by atoms with Gasteiger partial charge < -0.3 is 0 Å². The minimum Gasteiger partial charge on any atom is -0.180 e. The van der Waals surface area contributed by atoms with Crippen LogP contribution in [-0.2, 0) is 12.2 Å². The summed E-state index contributed by atoms with van der Waals surface area (Å²) >= 11 is 4.91. The molecule has 0 radical (unpaired) electrons. The molecular formula is C9H10N2S3. The number of hydrogen-bond donors (Lipinski definition) is 0. The molecule has 0 bridgehead atoms. The SMILES string of the molecule is CCc1ccc(CSc2cnsn2)s1. The van der Waals surface area contributed by atoms with Gasteiger partial charge in [0.15, 0.2) is 0 Å². The van der Waals surface area contributed by atoms with E-state index >= 15 is 0 Å². The molecule has 0 unspecified atom stereocenters. The fourth-order valence-corrected chi connectivity index (χ4v) is 3.43. The van der Waals surface area contributed by atoms with Gasteiger partial charge in [-0.2, -0.15) is 8.75 Å². The van der Waals surface area contributed by atoms with E-state index in [2.05, 4.69) is 27.8 Å². The normalized spacial score (nSPS) is 10.6. The molecule has 74 valence electrons. The average Bonchev–Trinajstić information content (AvgIpc) is 2.86. The van der Waals surface area contributed by atoms with E-state index in [1.165, 1.54) is 21.5 Å². The van der Waals surface area contributed by atoms with E-state index in [1.54, 1.807) is 11.8 Å². The highest BCUT2D eigenvalue weighted by Gasteiger charge is 2.01. The van der Waals surface area contributed by atoms with Gasteiger partial charge in [0.2, 0.25) is 0 Å². The maximum atomic E-state index is 4.16. The number of aryl methyl sites for hydroxylation is 1. The number of nitrogens with zero attached hydrogens (tertiary/aromatic N) is 2. The molecule has 2 heterocycles. The number of rotatable bonds is 4. The molecule has 5 heteroatoms. The van der Waals surface area contributed by atoms with Crippen LogP contribution in [0.25, 0.3) is 0 Å². The summed E-state index contributed by atoms with van der Waals surface area (Å²) in [4.78, 5) is 2.87. The second-order valence-corrected chi connectivity index (χ2v) is 5.56. The lowest BCUT2D eigenvalue weighted by Crippen LogP contribution is -1.72. The summed E-state index contributed by atoms with van der Waals surface area (Å²) in [6.07, 6.45) is 2.96. The Labute approximate surface area is 95.7 Å². The van der Waals surface area contributed by atoms with Gasteiger partial charge in [0, 0.05) is 15.5 Å². The predicted molar refractivity (Wildman–Crippen MR) is 63.2 cm³/mol. The molecule has 2 nitrogen and oxygen atoms in total. The average molecular weight is 242 g/mol. The molecule has 0 aromatic carbocycles. The van der Waals surface area contributed by atoms with Gasteiger partial charge in [-0.1, -0.05) is 18.7 Å². The molecule has 0 aliphatic heterocycles. The highest BCUT2D eigenvalue weighted by molar-refractivity contribution is 7.98. The Morgan fingerprint density at radius 2 is 2.21 bits per heavy atom. The third-order valence-electron chi connectivity index (χ3n) is 1.77. The Hall–Kier alpha value is -0.390. The van der Waals surface area contributed by atoms with Crippen molar-refractivity contribution in [3.8, 4) is 0 Å². The van der Waals surface area contributed by atoms with Gasteiger partial charge in [-0.3, -0.25) is 0 Å². The van der Waals surface area contributed by atoms with Gasteiger partial charge in [-0.25, -0.2) is 0 Å². The molecule has 0 aliphatic rings. The fraction of sp³-hybridized carbons (Fsp3) is 0.333. The largest absolute Gasteiger partial charge is 0.180 e. The van der Waals surface area contributed by atoms with Crippen LogP contribution in [0.2, 0.25) is 0 Å². The van der Waals surface area contributed by atoms with Gasteiger partial charge in [0.05, 0.1) is 17.9 Å². The molecule has 2 aromatic rings. The molecule has 0 fully saturated rings. The van der Waals surface area contributed by atoms with Crippen molar-refractivity contribution in [2.24, 2.45) is 0 Å². The molecule has 2 aromatic heterocycles. The van der Waals surface area contributed by atoms with Crippen molar-refractivity contribution in [2.45, 2.75) is 24.1 Å². The molecule has 14 heavy (non-hydrogen) atoms. The summed E-state index contributed by atoms with van der Waals surface area (Å²) in [5.74, 6) is 1.01. The van der Waals surface area contributed by atoms with E-state index in [0.29, 0.717) is 0 Å². The quantitative estimate of drug-likeness (QED) is 0.768. The van der Waals surface area contributed by atoms with Crippen LogP contribution < -0.4 is 0 Å². The lowest BCUT2D eigenvalue weighted by atomic mass is 10.4. The second kappa shape index (κ2) is 4.91. The van der Waals surface area contributed by atoms with E-state index in [-0.39, 0.29) is 0 Å². The summed E-state index contributed by atoms with van der Waals surface area (Å²) in [5, 5.41) is 1.03. The molecule has 0 amide bonds. The summed E-state index contributed by atoms with van der Waals surface area (Å²) in [6, 6.07) is 4.41. The van der Waals surface area contributed by atoms with Crippen molar-refractivity contribution >= 4 is 34.8 Å². The van der Waals surface area contributed by atoms with Crippen LogP contribution in [0.4, 0.5) is 0 Å². The van der Waals surface area contributed by atoms with E-state index < -0.39 is 0 Å². The summed E-state index contributed by atoms with van der Waals surface area (Å²) < 4.78 is 8.13. The molecule has 0 saturated carbocycles. The van der Waals surface area contributed by atoms with Crippen molar-refractivity contribution in [3.05, 3.63) is 28.1 Å². The van der Waals surface area contributed by atoms with Crippen LogP contribution in [0.15, 0.2) is 23.4 Å². The number of thioether (sulfide) groups is 1. The summed E-state index contributed by atoms with van der Waals surface area (Å²) in [7, 11) is 0. The number of thiophene rings is 1. The first kappa shape index (κ1) is 10.1. The van der Waals surface area contributed by atoms with Crippen molar-refractivity contribution in [2.75, 3.05) is 0 Å². The maximum Gasteiger partial charge on any atom is 0.130 e. The lowest BCUT2D eigenvalue weighted by molar-refractivity contribution is 1.19. The van der Waals surface area contributed by atoms with E-state index in [0.717, 1.165) is 17.2 Å². The van der Waals surface area contributed by atoms with Gasteiger partial charge in [-0.05, 0) is 18.6 Å². The Morgan fingerprint density at radius 3 is 2.86 bits per heavy atom. The van der Waals surface area contributed by atoms with Crippen LogP contribution in [0.5, 0.6) is 0 Å². The molecule has 2 rings (SSSR count). The smallest absolute Gasteiger partial charge is 0.130 e. The van der Waals surface area contributed by atoms with Crippen LogP contribution in [-0.4, -0.2) is 8.75 Å². The van der Waals surface area contributed by atoms with E-state index in [4.69, 9.17) is 0 Å². The lowest BCUT2D eigenvalue weighted by Gasteiger charge is -1.92. The summed E-state index contributed by atoms with van der Waals surface area (Å²) in [5.41, 5.74) is 0. The minimum atomic E-state index is 1.01. The highest BCUT2D eigenvalue weighted by atomic mass is 32.2. The van der Waals surface area contributed by atoms with Crippen LogP contribution in [0.1, 0.15) is 16.7 Å². The van der Waals surface area contributed by atoms with Crippen LogP contribution in [0.3, 0.4) is 0 Å². The first-order valence-electron chi connectivity index (χ1n) is 4.36. The molecule has 0 aliphatic carbocycles. The maximum absolute atomic E-state index is 4.16. The Bertz CT molecular complexity index is 380. The Balaban J connectivity index is 1.92. The Kier molecular flexibility index (Phi) is 3.55. The fourth-order valence-electron chi connectivity index (χ4n) is 1.05. The minimum absolute atomic E-state index is 1.01. The Morgan fingerprint density at radius 1 is 1.36 bits per heavy atom. The molecule has 0 saturated heterocycles. The zero-order valence-electron chi connectivity index (χ0n) is 7.77. The number of hydrogen-bond acceptors (Lipinski definition) is 5.